The Morgan fingerprint density at radius 3 is 2.72 bits per heavy atom. The van der Waals surface area contributed by atoms with Crippen LogP contribution in [0.2, 0.25) is 0 Å². The first kappa shape index (κ1) is 13.9. The summed E-state index contributed by atoms with van der Waals surface area (Å²) in [6.07, 6.45) is 6.64. The molecule has 1 aromatic rings. The van der Waals surface area contributed by atoms with Gasteiger partial charge in [-0.2, -0.15) is 0 Å². The minimum absolute atomic E-state index is 0.131. The first-order valence-electron chi connectivity index (χ1n) is 6.71. The highest BCUT2D eigenvalue weighted by atomic mass is 79.9. The summed E-state index contributed by atoms with van der Waals surface area (Å²) in [4.78, 5) is 0. The summed E-state index contributed by atoms with van der Waals surface area (Å²) in [7, 11) is 1.67. The van der Waals surface area contributed by atoms with Gasteiger partial charge < -0.3 is 9.84 Å². The molecule has 1 unspecified atom stereocenters. The fourth-order valence-corrected chi connectivity index (χ4v) is 3.35. The molecule has 1 aliphatic carbocycles. The summed E-state index contributed by atoms with van der Waals surface area (Å²) in [5.41, 5.74) is 1.25. The van der Waals surface area contributed by atoms with Gasteiger partial charge in [-0.15, -0.1) is 0 Å². The van der Waals surface area contributed by atoms with Crippen LogP contribution in [0, 0.1) is 5.92 Å². The Hall–Kier alpha value is -0.540. The number of methoxy groups -OCH3 is 1. The smallest absolute Gasteiger partial charge is 0.133 e. The van der Waals surface area contributed by atoms with Gasteiger partial charge in [0.05, 0.1) is 17.7 Å². The van der Waals surface area contributed by atoms with Gasteiger partial charge in [0.2, 0.25) is 0 Å². The zero-order chi connectivity index (χ0) is 13.0. The van der Waals surface area contributed by atoms with Gasteiger partial charge in [-0.25, -0.2) is 0 Å². The standard InChI is InChI=1S/C15H21BrO2/c1-18-15-9-7-11(10-13(15)16)6-8-14(17)12-4-2-3-5-12/h7,9-10,12,14,17H,2-6,8H2,1H3. The third-order valence-corrected chi connectivity index (χ3v) is 4.51. The molecule has 1 saturated carbocycles. The summed E-state index contributed by atoms with van der Waals surface area (Å²) >= 11 is 3.49. The molecule has 0 saturated heterocycles. The maximum absolute atomic E-state index is 10.1. The molecular weight excluding hydrogens is 292 g/mol. The molecule has 3 heteroatoms. The largest absolute Gasteiger partial charge is 0.496 e. The van der Waals surface area contributed by atoms with E-state index in [0.29, 0.717) is 5.92 Å². The van der Waals surface area contributed by atoms with Crippen LogP contribution < -0.4 is 4.74 Å². The minimum Gasteiger partial charge on any atom is -0.496 e. The van der Waals surface area contributed by atoms with E-state index in [1.54, 1.807) is 7.11 Å². The molecule has 1 fully saturated rings. The highest BCUT2D eigenvalue weighted by Gasteiger charge is 2.22. The second-order valence-corrected chi connectivity index (χ2v) is 5.97. The fraction of sp³-hybridized carbons (Fsp3) is 0.600. The van der Waals surface area contributed by atoms with Crippen LogP contribution in [0.4, 0.5) is 0 Å². The summed E-state index contributed by atoms with van der Waals surface area (Å²) in [5.74, 6) is 1.39. The summed E-state index contributed by atoms with van der Waals surface area (Å²) < 4.78 is 6.19. The lowest BCUT2D eigenvalue weighted by Crippen LogP contribution is -2.18. The Kier molecular flexibility index (Phi) is 5.07. The second-order valence-electron chi connectivity index (χ2n) is 5.12. The van der Waals surface area contributed by atoms with Gasteiger partial charge in [0, 0.05) is 0 Å². The van der Waals surface area contributed by atoms with Crippen LogP contribution in [0.1, 0.15) is 37.7 Å². The zero-order valence-corrected chi connectivity index (χ0v) is 12.4. The van der Waals surface area contributed by atoms with Crippen molar-refractivity contribution in [3.8, 4) is 5.75 Å². The number of benzene rings is 1. The monoisotopic (exact) mass is 312 g/mol. The Bertz CT molecular complexity index is 386. The normalized spacial score (nSPS) is 17.9. The maximum Gasteiger partial charge on any atom is 0.133 e. The summed E-state index contributed by atoms with van der Waals surface area (Å²) in [6.45, 7) is 0. The number of aliphatic hydroxyl groups excluding tert-OH is 1. The van der Waals surface area contributed by atoms with E-state index < -0.39 is 0 Å². The van der Waals surface area contributed by atoms with E-state index in [0.717, 1.165) is 23.1 Å². The van der Waals surface area contributed by atoms with Crippen LogP contribution in [0.3, 0.4) is 0 Å². The average Bonchev–Trinajstić information content (AvgIpc) is 2.90. The van der Waals surface area contributed by atoms with Gasteiger partial charge in [-0.05, 0) is 65.2 Å². The van der Waals surface area contributed by atoms with E-state index in [1.165, 1.54) is 31.2 Å². The van der Waals surface area contributed by atoms with Crippen molar-refractivity contribution in [1.29, 1.82) is 0 Å². The Morgan fingerprint density at radius 1 is 1.39 bits per heavy atom. The first-order valence-corrected chi connectivity index (χ1v) is 7.50. The minimum atomic E-state index is -0.131. The van der Waals surface area contributed by atoms with Crippen molar-refractivity contribution in [2.24, 2.45) is 5.92 Å². The van der Waals surface area contributed by atoms with Crippen LogP contribution in [0.15, 0.2) is 22.7 Å². The van der Waals surface area contributed by atoms with Crippen molar-refractivity contribution in [2.45, 2.75) is 44.6 Å². The molecule has 0 amide bonds. The van der Waals surface area contributed by atoms with Gasteiger partial charge in [0.15, 0.2) is 0 Å². The molecule has 1 N–H and O–H groups in total. The molecule has 2 rings (SSSR count). The van der Waals surface area contributed by atoms with E-state index in [4.69, 9.17) is 4.74 Å². The molecule has 0 aromatic heterocycles. The van der Waals surface area contributed by atoms with E-state index in [9.17, 15) is 5.11 Å². The van der Waals surface area contributed by atoms with Crippen LogP contribution in [0.5, 0.6) is 5.75 Å². The van der Waals surface area contributed by atoms with Gasteiger partial charge >= 0.3 is 0 Å². The topological polar surface area (TPSA) is 29.5 Å². The molecule has 100 valence electrons. The van der Waals surface area contributed by atoms with Gasteiger partial charge in [-0.3, -0.25) is 0 Å². The molecule has 0 aliphatic heterocycles. The molecule has 0 bridgehead atoms. The Labute approximate surface area is 117 Å². The number of aryl methyl sites for hydroxylation is 1. The number of hydrogen-bond donors (Lipinski definition) is 1. The average molecular weight is 313 g/mol. The fourth-order valence-electron chi connectivity index (χ4n) is 2.76. The predicted molar refractivity (Wildman–Crippen MR) is 77.0 cm³/mol. The van der Waals surface area contributed by atoms with E-state index in [-0.39, 0.29) is 6.10 Å². The summed E-state index contributed by atoms with van der Waals surface area (Å²) in [6, 6.07) is 6.13. The molecule has 2 nitrogen and oxygen atoms in total. The molecule has 18 heavy (non-hydrogen) atoms. The molecule has 0 spiro atoms. The number of hydrogen-bond acceptors (Lipinski definition) is 2. The number of aliphatic hydroxyl groups is 1. The first-order chi connectivity index (χ1) is 8.70. The molecule has 0 heterocycles. The predicted octanol–water partition coefficient (Wildman–Crippen LogP) is 3.94. The quantitative estimate of drug-likeness (QED) is 0.892. The second kappa shape index (κ2) is 6.58. The SMILES string of the molecule is COc1ccc(CCC(O)C2CCCC2)cc1Br. The van der Waals surface area contributed by atoms with Crippen molar-refractivity contribution in [1.82, 2.24) is 0 Å². The van der Waals surface area contributed by atoms with Crippen molar-refractivity contribution >= 4 is 15.9 Å². The van der Waals surface area contributed by atoms with Crippen molar-refractivity contribution < 1.29 is 9.84 Å². The van der Waals surface area contributed by atoms with Gasteiger partial charge in [-0.1, -0.05) is 18.9 Å². The van der Waals surface area contributed by atoms with Crippen LogP contribution in [-0.4, -0.2) is 18.3 Å². The molecule has 1 aliphatic rings. The molecule has 0 radical (unpaired) electrons. The van der Waals surface area contributed by atoms with E-state index >= 15 is 0 Å². The lowest BCUT2D eigenvalue weighted by atomic mass is 9.95. The van der Waals surface area contributed by atoms with Gasteiger partial charge in [0.25, 0.3) is 0 Å². The zero-order valence-electron chi connectivity index (χ0n) is 10.9. The van der Waals surface area contributed by atoms with Crippen LogP contribution in [0.25, 0.3) is 0 Å². The van der Waals surface area contributed by atoms with Crippen molar-refractivity contribution in [2.75, 3.05) is 7.11 Å². The molecule has 1 atom stereocenters. The van der Waals surface area contributed by atoms with Gasteiger partial charge in [0.1, 0.15) is 5.75 Å². The molecular formula is C15H21BrO2. The number of halogens is 1. The Balaban J connectivity index is 1.87. The van der Waals surface area contributed by atoms with Crippen molar-refractivity contribution in [3.63, 3.8) is 0 Å². The lowest BCUT2D eigenvalue weighted by Gasteiger charge is -2.17. The third kappa shape index (κ3) is 3.48. The lowest BCUT2D eigenvalue weighted by molar-refractivity contribution is 0.102. The van der Waals surface area contributed by atoms with E-state index in [1.807, 2.05) is 6.07 Å². The third-order valence-electron chi connectivity index (χ3n) is 3.89. The van der Waals surface area contributed by atoms with Crippen LogP contribution in [-0.2, 0) is 6.42 Å². The summed E-state index contributed by atoms with van der Waals surface area (Å²) in [5, 5.41) is 10.1. The maximum atomic E-state index is 10.1. The number of rotatable bonds is 5. The highest BCUT2D eigenvalue weighted by Crippen LogP contribution is 2.30. The number of ether oxygens (including phenoxy) is 1. The highest BCUT2D eigenvalue weighted by molar-refractivity contribution is 9.10. The van der Waals surface area contributed by atoms with Crippen LogP contribution >= 0.6 is 15.9 Å². The molecule has 1 aromatic carbocycles. The Morgan fingerprint density at radius 2 is 2.11 bits per heavy atom. The van der Waals surface area contributed by atoms with Crippen molar-refractivity contribution in [3.05, 3.63) is 28.2 Å². The van der Waals surface area contributed by atoms with E-state index in [2.05, 4.69) is 28.1 Å².